The van der Waals surface area contributed by atoms with Crippen LogP contribution in [-0.4, -0.2) is 10.2 Å². The first kappa shape index (κ1) is 9.09. The van der Waals surface area contributed by atoms with Gasteiger partial charge in [0.1, 0.15) is 6.61 Å². The van der Waals surface area contributed by atoms with E-state index in [4.69, 9.17) is 16.3 Å². The summed E-state index contributed by atoms with van der Waals surface area (Å²) in [5.41, 5.74) is 1.04. The first-order valence-electron chi connectivity index (χ1n) is 4.20. The Morgan fingerprint density at radius 3 is 3.07 bits per heavy atom. The monoisotopic (exact) mass is 208 g/mol. The van der Waals surface area contributed by atoms with Crippen molar-refractivity contribution >= 4 is 11.6 Å². The molecule has 4 heteroatoms. The fourth-order valence-electron chi connectivity index (χ4n) is 1.11. The van der Waals surface area contributed by atoms with Crippen molar-refractivity contribution < 1.29 is 4.74 Å². The number of halogens is 1. The maximum Gasteiger partial charge on any atom is 0.157 e. The number of rotatable bonds is 3. The molecule has 1 N–H and O–H groups in total. The minimum absolute atomic E-state index is 0.500. The molecule has 0 aliphatic heterocycles. The molecule has 0 unspecified atom stereocenters. The summed E-state index contributed by atoms with van der Waals surface area (Å²) in [6, 6.07) is 7.58. The lowest BCUT2D eigenvalue weighted by Crippen LogP contribution is -1.93. The van der Waals surface area contributed by atoms with E-state index in [9.17, 15) is 0 Å². The molecule has 1 heterocycles. The SMILES string of the molecule is Clc1cccc(COc2cn[nH]c2)c1. The number of hydrogen-bond acceptors (Lipinski definition) is 2. The molecule has 3 nitrogen and oxygen atoms in total. The summed E-state index contributed by atoms with van der Waals surface area (Å²) >= 11 is 5.83. The Morgan fingerprint density at radius 2 is 2.36 bits per heavy atom. The molecule has 14 heavy (non-hydrogen) atoms. The molecule has 0 bridgehead atoms. The molecule has 0 spiro atoms. The van der Waals surface area contributed by atoms with Gasteiger partial charge in [-0.3, -0.25) is 5.10 Å². The van der Waals surface area contributed by atoms with Crippen LogP contribution in [0.15, 0.2) is 36.7 Å². The number of nitrogens with one attached hydrogen (secondary N) is 1. The number of ether oxygens (including phenoxy) is 1. The molecule has 2 rings (SSSR count). The van der Waals surface area contributed by atoms with Gasteiger partial charge in [-0.2, -0.15) is 5.10 Å². The van der Waals surface area contributed by atoms with Crippen LogP contribution in [0.3, 0.4) is 0 Å². The summed E-state index contributed by atoms with van der Waals surface area (Å²) in [4.78, 5) is 0. The highest BCUT2D eigenvalue weighted by Crippen LogP contribution is 2.13. The van der Waals surface area contributed by atoms with Gasteiger partial charge in [0.2, 0.25) is 0 Å². The molecule has 2 aromatic rings. The zero-order chi connectivity index (χ0) is 9.80. The zero-order valence-corrected chi connectivity index (χ0v) is 8.16. The third kappa shape index (κ3) is 2.26. The Labute approximate surface area is 86.7 Å². The summed E-state index contributed by atoms with van der Waals surface area (Å²) in [5.74, 6) is 0.727. The van der Waals surface area contributed by atoms with Gasteiger partial charge in [-0.05, 0) is 17.7 Å². The van der Waals surface area contributed by atoms with Crippen LogP contribution < -0.4 is 4.74 Å². The van der Waals surface area contributed by atoms with Gasteiger partial charge in [-0.1, -0.05) is 23.7 Å². The molecule has 1 aromatic heterocycles. The number of nitrogens with zero attached hydrogens (tertiary/aromatic N) is 1. The summed E-state index contributed by atoms with van der Waals surface area (Å²) < 4.78 is 5.43. The van der Waals surface area contributed by atoms with E-state index >= 15 is 0 Å². The quantitative estimate of drug-likeness (QED) is 0.842. The predicted octanol–water partition coefficient (Wildman–Crippen LogP) is 2.64. The lowest BCUT2D eigenvalue weighted by molar-refractivity contribution is 0.306. The number of hydrogen-bond donors (Lipinski definition) is 1. The predicted molar refractivity (Wildman–Crippen MR) is 54.4 cm³/mol. The van der Waals surface area contributed by atoms with Gasteiger partial charge in [-0.15, -0.1) is 0 Å². The van der Waals surface area contributed by atoms with E-state index in [0.717, 1.165) is 16.3 Å². The van der Waals surface area contributed by atoms with Crippen LogP contribution in [0, 0.1) is 0 Å². The Balaban J connectivity index is 1.98. The van der Waals surface area contributed by atoms with E-state index in [0.29, 0.717) is 6.61 Å². The van der Waals surface area contributed by atoms with Crippen molar-refractivity contribution in [1.82, 2.24) is 10.2 Å². The van der Waals surface area contributed by atoms with Gasteiger partial charge < -0.3 is 4.74 Å². The third-order valence-corrected chi connectivity index (χ3v) is 2.00. The smallest absolute Gasteiger partial charge is 0.157 e. The zero-order valence-electron chi connectivity index (χ0n) is 7.40. The minimum Gasteiger partial charge on any atom is -0.486 e. The number of aromatic amines is 1. The molecule has 0 aliphatic rings. The van der Waals surface area contributed by atoms with E-state index in [1.807, 2.05) is 24.3 Å². The molecular formula is C10H9ClN2O. The van der Waals surface area contributed by atoms with E-state index in [1.54, 1.807) is 12.4 Å². The fourth-order valence-corrected chi connectivity index (χ4v) is 1.32. The third-order valence-electron chi connectivity index (χ3n) is 1.77. The Bertz CT molecular complexity index is 400. The van der Waals surface area contributed by atoms with Crippen molar-refractivity contribution in [1.29, 1.82) is 0 Å². The lowest BCUT2D eigenvalue weighted by atomic mass is 10.2. The van der Waals surface area contributed by atoms with Crippen LogP contribution in [-0.2, 0) is 6.61 Å². The summed E-state index contributed by atoms with van der Waals surface area (Å²) in [5, 5.41) is 7.17. The maximum absolute atomic E-state index is 5.83. The Morgan fingerprint density at radius 1 is 1.43 bits per heavy atom. The van der Waals surface area contributed by atoms with Crippen LogP contribution in [0.25, 0.3) is 0 Å². The second kappa shape index (κ2) is 4.15. The Hall–Kier alpha value is -1.48. The normalized spacial score (nSPS) is 10.1. The van der Waals surface area contributed by atoms with Crippen LogP contribution in [0.1, 0.15) is 5.56 Å². The lowest BCUT2D eigenvalue weighted by Gasteiger charge is -2.03. The average molecular weight is 209 g/mol. The largest absolute Gasteiger partial charge is 0.486 e. The molecule has 0 saturated carbocycles. The summed E-state index contributed by atoms with van der Waals surface area (Å²) in [6.45, 7) is 0.500. The molecule has 72 valence electrons. The molecule has 0 saturated heterocycles. The average Bonchev–Trinajstić information content (AvgIpc) is 2.67. The van der Waals surface area contributed by atoms with E-state index in [2.05, 4.69) is 10.2 Å². The second-order valence-electron chi connectivity index (χ2n) is 2.85. The van der Waals surface area contributed by atoms with Gasteiger partial charge in [0.25, 0.3) is 0 Å². The molecule has 0 aliphatic carbocycles. The van der Waals surface area contributed by atoms with Crippen LogP contribution in [0.4, 0.5) is 0 Å². The summed E-state index contributed by atoms with van der Waals surface area (Å²) in [6.07, 6.45) is 3.33. The van der Waals surface area contributed by atoms with Crippen molar-refractivity contribution in [2.24, 2.45) is 0 Å². The van der Waals surface area contributed by atoms with Crippen molar-refractivity contribution in [2.45, 2.75) is 6.61 Å². The van der Waals surface area contributed by atoms with Crippen molar-refractivity contribution in [3.8, 4) is 5.75 Å². The number of benzene rings is 1. The Kier molecular flexibility index (Phi) is 2.70. The van der Waals surface area contributed by atoms with Crippen LogP contribution in [0.5, 0.6) is 5.75 Å². The van der Waals surface area contributed by atoms with Crippen LogP contribution in [0.2, 0.25) is 5.02 Å². The standard InChI is InChI=1S/C10H9ClN2O/c11-9-3-1-2-8(4-9)7-14-10-5-12-13-6-10/h1-6H,7H2,(H,12,13). The van der Waals surface area contributed by atoms with Gasteiger partial charge in [0, 0.05) is 5.02 Å². The van der Waals surface area contributed by atoms with Gasteiger partial charge in [0.15, 0.2) is 5.75 Å². The molecular weight excluding hydrogens is 200 g/mol. The second-order valence-corrected chi connectivity index (χ2v) is 3.29. The number of aromatic nitrogens is 2. The maximum atomic E-state index is 5.83. The minimum atomic E-state index is 0.500. The fraction of sp³-hybridized carbons (Fsp3) is 0.100. The van der Waals surface area contributed by atoms with Crippen molar-refractivity contribution in [3.05, 3.63) is 47.2 Å². The molecule has 0 fully saturated rings. The molecule has 0 atom stereocenters. The van der Waals surface area contributed by atoms with E-state index in [-0.39, 0.29) is 0 Å². The molecule has 0 radical (unpaired) electrons. The van der Waals surface area contributed by atoms with Crippen molar-refractivity contribution in [2.75, 3.05) is 0 Å². The van der Waals surface area contributed by atoms with Crippen LogP contribution >= 0.6 is 11.6 Å². The van der Waals surface area contributed by atoms with Gasteiger partial charge in [0.05, 0.1) is 12.4 Å². The van der Waals surface area contributed by atoms with E-state index in [1.165, 1.54) is 0 Å². The highest BCUT2D eigenvalue weighted by atomic mass is 35.5. The molecule has 0 amide bonds. The first-order valence-corrected chi connectivity index (χ1v) is 4.58. The highest BCUT2D eigenvalue weighted by Gasteiger charge is 1.96. The van der Waals surface area contributed by atoms with Gasteiger partial charge in [-0.25, -0.2) is 0 Å². The first-order chi connectivity index (χ1) is 6.84. The van der Waals surface area contributed by atoms with Gasteiger partial charge >= 0.3 is 0 Å². The highest BCUT2D eigenvalue weighted by molar-refractivity contribution is 6.30. The number of H-pyrrole nitrogens is 1. The topological polar surface area (TPSA) is 37.9 Å². The van der Waals surface area contributed by atoms with Crippen molar-refractivity contribution in [3.63, 3.8) is 0 Å². The van der Waals surface area contributed by atoms with E-state index < -0.39 is 0 Å². The summed E-state index contributed by atoms with van der Waals surface area (Å²) in [7, 11) is 0. The molecule has 1 aromatic carbocycles.